The van der Waals surface area contributed by atoms with Crippen LogP contribution in [0.3, 0.4) is 0 Å². The maximum atomic E-state index is 14.6. The summed E-state index contributed by atoms with van der Waals surface area (Å²) in [6, 6.07) is 26.2. The Labute approximate surface area is 589 Å². The highest BCUT2D eigenvalue weighted by atomic mass is 16.8. The predicted octanol–water partition coefficient (Wildman–Crippen LogP) is 14.9. The van der Waals surface area contributed by atoms with Crippen LogP contribution >= 0.6 is 0 Å². The van der Waals surface area contributed by atoms with Gasteiger partial charge in [-0.3, -0.25) is 9.59 Å². The van der Waals surface area contributed by atoms with Gasteiger partial charge in [-0.25, -0.2) is 14.4 Å². The van der Waals surface area contributed by atoms with Crippen molar-refractivity contribution in [3.05, 3.63) is 108 Å². The number of Topliss-reactive ketones (excluding diaryl/α,β-unsaturated/α-hetero) is 2. The van der Waals surface area contributed by atoms with Crippen molar-refractivity contribution >= 4 is 29.5 Å². The fourth-order valence-corrected chi connectivity index (χ4v) is 19.6. The second-order valence-electron chi connectivity index (χ2n) is 32.2. The van der Waals surface area contributed by atoms with E-state index >= 15 is 0 Å². The van der Waals surface area contributed by atoms with Crippen molar-refractivity contribution < 1.29 is 81.2 Å². The molecule has 4 aliphatic heterocycles. The molecule has 4 saturated heterocycles. The van der Waals surface area contributed by atoms with E-state index in [0.29, 0.717) is 72.0 Å². The number of ketones is 2. The quantitative estimate of drug-likeness (QED) is 0.0502. The van der Waals surface area contributed by atoms with Crippen LogP contribution in [0.1, 0.15) is 211 Å². The lowest BCUT2D eigenvalue weighted by Gasteiger charge is -2.61. The topological polar surface area (TPSA) is 207 Å². The van der Waals surface area contributed by atoms with Crippen LogP contribution in [0.25, 0.3) is 0 Å². The molecule has 0 spiro atoms. The van der Waals surface area contributed by atoms with Gasteiger partial charge in [-0.1, -0.05) is 152 Å². The maximum absolute atomic E-state index is 14.6. The fourth-order valence-electron chi connectivity index (χ4n) is 19.6. The number of fused-ring (bicyclic) bond motifs is 5. The first-order valence-corrected chi connectivity index (χ1v) is 38.1. The second-order valence-corrected chi connectivity index (χ2v) is 32.2. The van der Waals surface area contributed by atoms with Crippen molar-refractivity contribution in [3.8, 4) is 0 Å². The standard InChI is InChI=1S/C82H116O17/c1-15-64-47(6)46(5)49(8)77(92-64)98-70-48(7)50(9)78(94-66(70)17-3)99-72-53(12)69(85)67(44-89-74(86)54-27-21-18-22-28-54)95-80(72)91-58-37-39-81(13)57(41-58)34-35-59-60(81)38-40-82(14)61(59)42-63(84)68(82)51(10)62(83)36-33-45(4)43-90-79-73(97-76(88)56-31-25-20-26-32-56)71(52(11)65(16-2)93-79)96-75(87)55-29-23-19-24-30-55/h18-32,45-53,57-61,64-73,77-80,85H,15-17,33-44H2,1-14H3/t45-,46-,47+,48+,49?,50?,51+,52-,53-,57?,58?,59?,60?,61?,64?,65?,66?,67?,68?,69+,70+,71-,72?,73?,77-,78-,79+,80+,81?,82?/m0/s1. The number of benzene rings is 3. The van der Waals surface area contributed by atoms with Crippen molar-refractivity contribution in [2.24, 2.45) is 93.7 Å². The normalized spacial score (nSPS) is 41.2. The number of hydrogen-bond donors (Lipinski definition) is 1. The minimum Gasteiger partial charge on any atom is -0.459 e. The Morgan fingerprint density at radius 1 is 0.535 bits per heavy atom. The van der Waals surface area contributed by atoms with Crippen molar-refractivity contribution in [1.82, 2.24) is 0 Å². The summed E-state index contributed by atoms with van der Waals surface area (Å²) in [6.07, 6.45) is 1.59. The Kier molecular flexibility index (Phi) is 24.6. The molecule has 17 nitrogen and oxygen atoms in total. The minimum absolute atomic E-state index is 0.0187. The molecule has 3 aromatic rings. The SMILES string of the molecule is CCC1O[C@@H](O[C@H]2C(CC)O[C@@H](OC3[C@H](OC4CCC5(C)C(CCC6C5CCC5(C)C6CC(=O)C5[C@H](C)C(=O)CC[C@H](C)CO[C@@H]5OC(CC)[C@H](C)[C@H](OC(=O)c6ccccc6)C5OC(=O)c5ccccc5)C4)OC(COC(=O)c4ccccc4)[C@H](O)[C@@H]3C)C(C)[C@H]2C)C(C)[C@@H](C)[C@H]1C. The van der Waals surface area contributed by atoms with Gasteiger partial charge in [0, 0.05) is 48.3 Å². The minimum atomic E-state index is -1.08. The fraction of sp³-hybridized carbons (Fsp3) is 0.720. The predicted molar refractivity (Wildman–Crippen MR) is 372 cm³/mol. The molecule has 0 aromatic heterocycles. The van der Waals surface area contributed by atoms with E-state index in [0.717, 1.165) is 51.4 Å². The summed E-state index contributed by atoms with van der Waals surface area (Å²) in [5, 5.41) is 12.1. The Hall–Kier alpha value is -4.95. The number of carbonyl (C=O) groups excluding carboxylic acids is 5. The zero-order valence-corrected chi connectivity index (χ0v) is 61.4. The first kappa shape index (κ1) is 75.2. The number of ether oxygens (including phenoxy) is 11. The molecule has 4 saturated carbocycles. The average molecular weight is 1370 g/mol. The lowest BCUT2D eigenvalue weighted by molar-refractivity contribution is -0.366. The summed E-state index contributed by atoms with van der Waals surface area (Å²) >= 11 is 0. The third-order valence-electron chi connectivity index (χ3n) is 26.4. The Morgan fingerprint density at radius 2 is 1.07 bits per heavy atom. The summed E-state index contributed by atoms with van der Waals surface area (Å²) < 4.78 is 73.1. The molecule has 3 aromatic carbocycles. The summed E-state index contributed by atoms with van der Waals surface area (Å²) in [5.74, 6) is -0.691. The van der Waals surface area contributed by atoms with Crippen molar-refractivity contribution in [1.29, 1.82) is 0 Å². The zero-order chi connectivity index (χ0) is 70.8. The summed E-state index contributed by atoms with van der Waals surface area (Å²) in [7, 11) is 0. The second kappa shape index (κ2) is 32.4. The molecule has 17 heteroatoms. The molecule has 0 bridgehead atoms. The van der Waals surface area contributed by atoms with Gasteiger partial charge in [-0.15, -0.1) is 0 Å². The lowest BCUT2D eigenvalue weighted by atomic mass is 9.44. The molecular formula is C82H116O17. The van der Waals surface area contributed by atoms with Gasteiger partial charge in [0.1, 0.15) is 36.5 Å². The lowest BCUT2D eigenvalue weighted by Crippen LogP contribution is -2.60. The number of aliphatic hydroxyl groups excluding tert-OH is 1. The summed E-state index contributed by atoms with van der Waals surface area (Å²) in [4.78, 5) is 69.8. The third kappa shape index (κ3) is 15.8. The smallest absolute Gasteiger partial charge is 0.338 e. The van der Waals surface area contributed by atoms with Crippen LogP contribution in [0, 0.1) is 93.7 Å². The molecule has 16 unspecified atom stereocenters. The number of hydrogen-bond acceptors (Lipinski definition) is 17. The van der Waals surface area contributed by atoms with Crippen molar-refractivity contribution in [2.45, 2.75) is 267 Å². The van der Waals surface area contributed by atoms with Crippen LogP contribution in [-0.2, 0) is 61.7 Å². The molecule has 8 fully saturated rings. The van der Waals surface area contributed by atoms with Gasteiger partial charge in [0.25, 0.3) is 0 Å². The Balaban J connectivity index is 0.720. The molecule has 4 aliphatic carbocycles. The van der Waals surface area contributed by atoms with Gasteiger partial charge in [0.2, 0.25) is 0 Å². The first-order chi connectivity index (χ1) is 47.4. The van der Waals surface area contributed by atoms with E-state index < -0.39 is 79.1 Å². The van der Waals surface area contributed by atoms with E-state index in [1.807, 2.05) is 52.8 Å². The maximum Gasteiger partial charge on any atom is 0.338 e. The van der Waals surface area contributed by atoms with Crippen molar-refractivity contribution in [3.63, 3.8) is 0 Å². The highest BCUT2D eigenvalue weighted by Gasteiger charge is 2.64. The molecule has 8 aliphatic rings. The van der Waals surface area contributed by atoms with Crippen LogP contribution < -0.4 is 0 Å². The Bertz CT molecular complexity index is 3160. The van der Waals surface area contributed by atoms with E-state index in [-0.39, 0.29) is 120 Å². The van der Waals surface area contributed by atoms with Gasteiger partial charge in [-0.2, -0.15) is 0 Å². The molecule has 4 heterocycles. The molecule has 30 atom stereocenters. The van der Waals surface area contributed by atoms with E-state index in [4.69, 9.17) is 52.1 Å². The molecule has 0 amide bonds. The highest BCUT2D eigenvalue weighted by Crippen LogP contribution is 2.68. The molecular weight excluding hydrogens is 1260 g/mol. The van der Waals surface area contributed by atoms with Gasteiger partial charge >= 0.3 is 17.9 Å². The Morgan fingerprint density at radius 3 is 1.69 bits per heavy atom. The van der Waals surface area contributed by atoms with Gasteiger partial charge < -0.3 is 57.2 Å². The first-order valence-electron chi connectivity index (χ1n) is 38.1. The van der Waals surface area contributed by atoms with Crippen molar-refractivity contribution in [2.75, 3.05) is 13.2 Å². The van der Waals surface area contributed by atoms with E-state index in [1.165, 1.54) is 0 Å². The number of carbonyl (C=O) groups is 5. The molecule has 99 heavy (non-hydrogen) atoms. The summed E-state index contributed by atoms with van der Waals surface area (Å²) in [6.45, 7) is 30.2. The largest absolute Gasteiger partial charge is 0.459 e. The van der Waals surface area contributed by atoms with Crippen LogP contribution in [0.15, 0.2) is 91.0 Å². The molecule has 1 N–H and O–H groups in total. The third-order valence-corrected chi connectivity index (χ3v) is 26.4. The van der Waals surface area contributed by atoms with E-state index in [9.17, 15) is 29.1 Å². The highest BCUT2D eigenvalue weighted by molar-refractivity contribution is 5.92. The monoisotopic (exact) mass is 1370 g/mol. The molecule has 546 valence electrons. The van der Waals surface area contributed by atoms with E-state index in [1.54, 1.807) is 72.8 Å². The number of rotatable bonds is 24. The van der Waals surface area contributed by atoms with Crippen LogP contribution in [0.5, 0.6) is 0 Å². The summed E-state index contributed by atoms with van der Waals surface area (Å²) in [5.41, 5.74) is 0.851. The van der Waals surface area contributed by atoms with Crippen LogP contribution in [0.2, 0.25) is 0 Å². The van der Waals surface area contributed by atoms with Crippen LogP contribution in [0.4, 0.5) is 0 Å². The zero-order valence-electron chi connectivity index (χ0n) is 61.4. The van der Waals surface area contributed by atoms with Gasteiger partial charge in [-0.05, 0) is 165 Å². The van der Waals surface area contributed by atoms with E-state index in [2.05, 4.69) is 62.3 Å². The average Bonchev–Trinajstić information content (AvgIpc) is 1.56. The number of aliphatic hydroxyl groups is 1. The molecule has 0 radical (unpaired) electrons. The van der Waals surface area contributed by atoms with Gasteiger partial charge in [0.15, 0.2) is 31.3 Å². The van der Waals surface area contributed by atoms with Gasteiger partial charge in [0.05, 0.1) is 59.9 Å². The number of esters is 3. The molecule has 11 rings (SSSR count). The van der Waals surface area contributed by atoms with Crippen LogP contribution in [-0.4, -0.2) is 134 Å².